The zero-order valence-electron chi connectivity index (χ0n) is 11.8. The quantitative estimate of drug-likeness (QED) is 0.936. The lowest BCUT2D eigenvalue weighted by molar-refractivity contribution is 0.253. The van der Waals surface area contributed by atoms with Crippen molar-refractivity contribution in [2.24, 2.45) is 7.05 Å². The largest absolute Gasteiger partial charge is 0.492 e. The molecule has 21 heavy (non-hydrogen) atoms. The number of benzene rings is 1. The van der Waals surface area contributed by atoms with Crippen LogP contribution in [0.25, 0.3) is 0 Å². The summed E-state index contributed by atoms with van der Waals surface area (Å²) in [5, 5.41) is 9.14. The van der Waals surface area contributed by atoms with Gasteiger partial charge in [-0.2, -0.15) is 5.10 Å². The summed E-state index contributed by atoms with van der Waals surface area (Å²) in [4.78, 5) is 0. The van der Waals surface area contributed by atoms with Crippen LogP contribution in [0.5, 0.6) is 5.75 Å². The van der Waals surface area contributed by atoms with Crippen LogP contribution in [0.2, 0.25) is 10.0 Å². The van der Waals surface area contributed by atoms with E-state index in [-0.39, 0.29) is 6.04 Å². The monoisotopic (exact) mass is 325 g/mol. The number of ether oxygens (including phenoxy) is 1. The Bertz CT molecular complexity index is 642. The van der Waals surface area contributed by atoms with Crippen molar-refractivity contribution in [2.75, 3.05) is 13.2 Å². The molecule has 0 saturated carbocycles. The maximum absolute atomic E-state index is 6.20. The molecule has 3 rings (SSSR count). The van der Waals surface area contributed by atoms with E-state index in [9.17, 15) is 0 Å². The van der Waals surface area contributed by atoms with Gasteiger partial charge in [0.15, 0.2) is 0 Å². The molecule has 0 spiro atoms. The summed E-state index contributed by atoms with van der Waals surface area (Å²) in [7, 11) is 1.93. The van der Waals surface area contributed by atoms with Crippen LogP contribution in [-0.2, 0) is 13.5 Å². The van der Waals surface area contributed by atoms with Crippen molar-refractivity contribution in [3.05, 3.63) is 45.7 Å². The Kier molecular flexibility index (Phi) is 4.38. The third-order valence-electron chi connectivity index (χ3n) is 3.61. The lowest BCUT2D eigenvalue weighted by Crippen LogP contribution is -2.29. The normalized spacial score (nSPS) is 17.4. The second-order valence-corrected chi connectivity index (χ2v) is 6.02. The number of aryl methyl sites for hydroxylation is 1. The van der Waals surface area contributed by atoms with Crippen LogP contribution < -0.4 is 10.1 Å². The first-order valence-corrected chi connectivity index (χ1v) is 7.73. The lowest BCUT2D eigenvalue weighted by atomic mass is 10.0. The molecule has 0 amide bonds. The van der Waals surface area contributed by atoms with E-state index in [0.29, 0.717) is 16.7 Å². The molecule has 1 aliphatic heterocycles. The molecule has 1 aromatic carbocycles. The number of hydrogen-bond acceptors (Lipinski definition) is 3. The van der Waals surface area contributed by atoms with Crippen LogP contribution >= 0.6 is 23.2 Å². The van der Waals surface area contributed by atoms with Crippen molar-refractivity contribution < 1.29 is 4.74 Å². The van der Waals surface area contributed by atoms with Gasteiger partial charge in [-0.3, -0.25) is 4.68 Å². The van der Waals surface area contributed by atoms with Crippen molar-refractivity contribution in [2.45, 2.75) is 18.9 Å². The molecular formula is C15H17Cl2N3O. The fraction of sp³-hybridized carbons (Fsp3) is 0.400. The van der Waals surface area contributed by atoms with Gasteiger partial charge in [0.05, 0.1) is 17.3 Å². The summed E-state index contributed by atoms with van der Waals surface area (Å²) in [6.07, 6.45) is 3.76. The van der Waals surface area contributed by atoms with E-state index in [1.165, 1.54) is 0 Å². The summed E-state index contributed by atoms with van der Waals surface area (Å²) in [5.41, 5.74) is 2.13. The van der Waals surface area contributed by atoms with Gasteiger partial charge in [-0.25, -0.2) is 0 Å². The van der Waals surface area contributed by atoms with Gasteiger partial charge in [-0.1, -0.05) is 23.2 Å². The maximum Gasteiger partial charge on any atom is 0.142 e. The van der Waals surface area contributed by atoms with Gasteiger partial charge >= 0.3 is 0 Å². The molecule has 0 radical (unpaired) electrons. The standard InChI is InChI=1S/C15H17Cl2N3O/c1-20-6-3-11(19-20)2-5-18-14-4-7-21-15-12(14)8-10(16)9-13(15)17/h3,6,8-9,14,18H,2,4-5,7H2,1H3. The van der Waals surface area contributed by atoms with Crippen LogP contribution in [0, 0.1) is 0 Å². The molecule has 0 bridgehead atoms. The Morgan fingerprint density at radius 3 is 3.05 bits per heavy atom. The smallest absolute Gasteiger partial charge is 0.142 e. The third kappa shape index (κ3) is 3.34. The van der Waals surface area contributed by atoms with Crippen molar-refractivity contribution in [3.8, 4) is 5.75 Å². The number of nitrogens with zero attached hydrogens (tertiary/aromatic N) is 2. The summed E-state index contributed by atoms with van der Waals surface area (Å²) < 4.78 is 7.48. The molecule has 1 atom stereocenters. The van der Waals surface area contributed by atoms with Gasteiger partial charge in [0.2, 0.25) is 0 Å². The highest BCUT2D eigenvalue weighted by Crippen LogP contribution is 2.39. The summed E-state index contributed by atoms with van der Waals surface area (Å²) >= 11 is 12.3. The van der Waals surface area contributed by atoms with E-state index in [1.54, 1.807) is 6.07 Å². The molecular weight excluding hydrogens is 309 g/mol. The van der Waals surface area contributed by atoms with Crippen LogP contribution in [-0.4, -0.2) is 22.9 Å². The predicted octanol–water partition coefficient (Wildman–Crippen LogP) is 3.38. The van der Waals surface area contributed by atoms with Crippen molar-refractivity contribution in [1.29, 1.82) is 0 Å². The molecule has 4 nitrogen and oxygen atoms in total. The Morgan fingerprint density at radius 2 is 2.29 bits per heavy atom. The first-order valence-electron chi connectivity index (χ1n) is 6.97. The van der Waals surface area contributed by atoms with E-state index < -0.39 is 0 Å². The van der Waals surface area contributed by atoms with E-state index in [4.69, 9.17) is 27.9 Å². The zero-order chi connectivity index (χ0) is 14.8. The average Bonchev–Trinajstić information content (AvgIpc) is 2.85. The Morgan fingerprint density at radius 1 is 1.43 bits per heavy atom. The van der Waals surface area contributed by atoms with Crippen LogP contribution in [0.15, 0.2) is 24.4 Å². The SMILES string of the molecule is Cn1ccc(CCNC2CCOc3c(Cl)cc(Cl)cc32)n1. The summed E-state index contributed by atoms with van der Waals surface area (Å²) in [5.74, 6) is 0.752. The summed E-state index contributed by atoms with van der Waals surface area (Å²) in [6.45, 7) is 1.51. The van der Waals surface area contributed by atoms with Gasteiger partial charge < -0.3 is 10.1 Å². The van der Waals surface area contributed by atoms with E-state index in [2.05, 4.69) is 10.4 Å². The topological polar surface area (TPSA) is 39.1 Å². The molecule has 0 fully saturated rings. The molecule has 112 valence electrons. The molecule has 1 N–H and O–H groups in total. The first-order chi connectivity index (χ1) is 10.1. The van der Waals surface area contributed by atoms with Crippen molar-refractivity contribution in [1.82, 2.24) is 15.1 Å². The Labute approximate surface area is 134 Å². The number of halogens is 2. The Balaban J connectivity index is 1.67. The molecule has 1 unspecified atom stereocenters. The maximum atomic E-state index is 6.20. The molecule has 0 saturated heterocycles. The predicted molar refractivity (Wildman–Crippen MR) is 84.2 cm³/mol. The van der Waals surface area contributed by atoms with Gasteiger partial charge in [0.25, 0.3) is 0 Å². The van der Waals surface area contributed by atoms with Gasteiger partial charge in [0, 0.05) is 49.3 Å². The van der Waals surface area contributed by atoms with Crippen molar-refractivity contribution in [3.63, 3.8) is 0 Å². The second kappa shape index (κ2) is 6.26. The molecule has 1 aromatic heterocycles. The van der Waals surface area contributed by atoms with Crippen LogP contribution in [0.3, 0.4) is 0 Å². The highest BCUT2D eigenvalue weighted by Gasteiger charge is 2.23. The first kappa shape index (κ1) is 14.7. The number of hydrogen-bond donors (Lipinski definition) is 1. The van der Waals surface area contributed by atoms with E-state index >= 15 is 0 Å². The average molecular weight is 326 g/mol. The van der Waals surface area contributed by atoms with Gasteiger partial charge in [0.1, 0.15) is 5.75 Å². The van der Waals surface area contributed by atoms with E-state index in [1.807, 2.05) is 30.1 Å². The molecule has 2 aromatic rings. The molecule has 2 heterocycles. The third-order valence-corrected chi connectivity index (χ3v) is 4.11. The lowest BCUT2D eigenvalue weighted by Gasteiger charge is -2.27. The van der Waals surface area contributed by atoms with Crippen LogP contribution in [0.4, 0.5) is 0 Å². The highest BCUT2D eigenvalue weighted by molar-refractivity contribution is 6.35. The number of fused-ring (bicyclic) bond motifs is 1. The Hall–Kier alpha value is -1.23. The second-order valence-electron chi connectivity index (χ2n) is 5.18. The number of rotatable bonds is 4. The number of aromatic nitrogens is 2. The van der Waals surface area contributed by atoms with Crippen molar-refractivity contribution >= 4 is 23.2 Å². The summed E-state index contributed by atoms with van der Waals surface area (Å²) in [6, 6.07) is 5.90. The molecule has 1 aliphatic rings. The van der Waals surface area contributed by atoms with Crippen LogP contribution in [0.1, 0.15) is 23.7 Å². The minimum atomic E-state index is 0.216. The highest BCUT2D eigenvalue weighted by atomic mass is 35.5. The van der Waals surface area contributed by atoms with Gasteiger partial charge in [-0.05, 0) is 18.2 Å². The number of nitrogens with one attached hydrogen (secondary N) is 1. The minimum Gasteiger partial charge on any atom is -0.492 e. The fourth-order valence-corrected chi connectivity index (χ4v) is 3.17. The van der Waals surface area contributed by atoms with E-state index in [0.717, 1.165) is 36.4 Å². The zero-order valence-corrected chi connectivity index (χ0v) is 13.3. The fourth-order valence-electron chi connectivity index (χ4n) is 2.61. The minimum absolute atomic E-state index is 0.216. The van der Waals surface area contributed by atoms with Gasteiger partial charge in [-0.15, -0.1) is 0 Å². The molecule has 6 heteroatoms. The molecule has 0 aliphatic carbocycles.